The summed E-state index contributed by atoms with van der Waals surface area (Å²) in [6, 6.07) is 11.0. The first-order valence-electron chi connectivity index (χ1n) is 4.58. The second kappa shape index (κ2) is 4.76. The Labute approximate surface area is 102 Å². The Hall–Kier alpha value is -1.19. The van der Waals surface area contributed by atoms with E-state index in [1.807, 2.05) is 0 Å². The summed E-state index contributed by atoms with van der Waals surface area (Å²) in [4.78, 5) is 1.23. The number of benzene rings is 2. The SMILES string of the molecule is Oc1cccc(Cl)c1Sc1cccc(F)c1. The molecule has 2 aromatic carbocycles. The lowest BCUT2D eigenvalue weighted by Crippen LogP contribution is -1.79. The topological polar surface area (TPSA) is 20.2 Å². The molecule has 1 N–H and O–H groups in total. The normalized spacial score (nSPS) is 10.4. The van der Waals surface area contributed by atoms with E-state index < -0.39 is 0 Å². The number of aromatic hydroxyl groups is 1. The summed E-state index contributed by atoms with van der Waals surface area (Å²) in [7, 11) is 0. The van der Waals surface area contributed by atoms with Crippen molar-refractivity contribution in [2.75, 3.05) is 0 Å². The van der Waals surface area contributed by atoms with Crippen molar-refractivity contribution in [1.29, 1.82) is 0 Å². The van der Waals surface area contributed by atoms with E-state index in [9.17, 15) is 9.50 Å². The molecular weight excluding hydrogens is 247 g/mol. The van der Waals surface area contributed by atoms with E-state index in [1.165, 1.54) is 23.9 Å². The minimum absolute atomic E-state index is 0.0989. The lowest BCUT2D eigenvalue weighted by atomic mass is 10.3. The smallest absolute Gasteiger partial charge is 0.131 e. The lowest BCUT2D eigenvalue weighted by Gasteiger charge is -2.06. The first kappa shape index (κ1) is 11.3. The van der Waals surface area contributed by atoms with Gasteiger partial charge in [0.15, 0.2) is 0 Å². The Morgan fingerprint density at radius 1 is 1.12 bits per heavy atom. The van der Waals surface area contributed by atoms with E-state index in [0.717, 1.165) is 0 Å². The standard InChI is InChI=1S/C12H8ClFOS/c13-10-5-2-6-11(15)12(10)16-9-4-1-3-8(14)7-9/h1-7,15H. The van der Waals surface area contributed by atoms with Crippen LogP contribution < -0.4 is 0 Å². The molecular formula is C12H8ClFOS. The Kier molecular flexibility index (Phi) is 3.36. The predicted molar refractivity (Wildman–Crippen MR) is 63.6 cm³/mol. The van der Waals surface area contributed by atoms with Crippen LogP contribution in [-0.2, 0) is 0 Å². The first-order chi connectivity index (χ1) is 7.66. The Morgan fingerprint density at radius 2 is 1.88 bits per heavy atom. The van der Waals surface area contributed by atoms with Crippen LogP contribution in [0.25, 0.3) is 0 Å². The quantitative estimate of drug-likeness (QED) is 0.861. The molecule has 0 fully saturated rings. The lowest BCUT2D eigenvalue weighted by molar-refractivity contribution is 0.462. The largest absolute Gasteiger partial charge is 0.507 e. The molecule has 0 atom stereocenters. The van der Waals surface area contributed by atoms with Gasteiger partial charge in [0.25, 0.3) is 0 Å². The molecule has 0 bridgehead atoms. The molecule has 0 saturated heterocycles. The Balaban J connectivity index is 2.34. The highest BCUT2D eigenvalue weighted by molar-refractivity contribution is 7.99. The highest BCUT2D eigenvalue weighted by Gasteiger charge is 2.08. The van der Waals surface area contributed by atoms with Crippen molar-refractivity contribution in [1.82, 2.24) is 0 Å². The number of halogens is 2. The van der Waals surface area contributed by atoms with E-state index in [1.54, 1.807) is 30.3 Å². The highest BCUT2D eigenvalue weighted by atomic mass is 35.5. The molecule has 2 aromatic rings. The molecule has 0 radical (unpaired) electrons. The summed E-state index contributed by atoms with van der Waals surface area (Å²) in [5, 5.41) is 10.1. The molecule has 0 spiro atoms. The van der Waals surface area contributed by atoms with Crippen molar-refractivity contribution in [2.45, 2.75) is 9.79 Å². The van der Waals surface area contributed by atoms with Gasteiger partial charge in [0.2, 0.25) is 0 Å². The number of phenolic OH excluding ortho intramolecular Hbond substituents is 1. The number of rotatable bonds is 2. The van der Waals surface area contributed by atoms with Crippen LogP contribution in [-0.4, -0.2) is 5.11 Å². The zero-order valence-corrected chi connectivity index (χ0v) is 9.73. The van der Waals surface area contributed by atoms with E-state index >= 15 is 0 Å². The van der Waals surface area contributed by atoms with Gasteiger partial charge in [0, 0.05) is 4.90 Å². The average Bonchev–Trinajstić information content (AvgIpc) is 2.24. The van der Waals surface area contributed by atoms with Gasteiger partial charge < -0.3 is 5.11 Å². The van der Waals surface area contributed by atoms with Crippen molar-refractivity contribution < 1.29 is 9.50 Å². The third kappa shape index (κ3) is 2.49. The molecule has 1 nitrogen and oxygen atoms in total. The third-order valence-electron chi connectivity index (χ3n) is 1.96. The van der Waals surface area contributed by atoms with Gasteiger partial charge in [-0.1, -0.05) is 35.5 Å². The second-order valence-electron chi connectivity index (χ2n) is 3.15. The summed E-state index contributed by atoms with van der Waals surface area (Å²) < 4.78 is 13.0. The van der Waals surface area contributed by atoms with Crippen LogP contribution in [0.4, 0.5) is 4.39 Å². The minimum atomic E-state index is -0.309. The van der Waals surface area contributed by atoms with E-state index in [0.29, 0.717) is 14.8 Å². The first-order valence-corrected chi connectivity index (χ1v) is 5.77. The Morgan fingerprint density at radius 3 is 2.56 bits per heavy atom. The molecule has 0 unspecified atom stereocenters. The summed E-state index contributed by atoms with van der Waals surface area (Å²) in [6.07, 6.45) is 0. The highest BCUT2D eigenvalue weighted by Crippen LogP contribution is 2.39. The Bertz CT molecular complexity index is 496. The molecule has 0 heterocycles. The van der Waals surface area contributed by atoms with Gasteiger partial charge in [-0.25, -0.2) is 4.39 Å². The molecule has 0 aliphatic carbocycles. The molecule has 82 valence electrons. The van der Waals surface area contributed by atoms with Crippen LogP contribution >= 0.6 is 23.4 Å². The van der Waals surface area contributed by atoms with Crippen LogP contribution in [0.1, 0.15) is 0 Å². The fraction of sp³-hybridized carbons (Fsp3) is 0. The average molecular weight is 255 g/mol. The molecule has 16 heavy (non-hydrogen) atoms. The molecule has 0 amide bonds. The fourth-order valence-electron chi connectivity index (χ4n) is 1.25. The van der Waals surface area contributed by atoms with Gasteiger partial charge in [0.05, 0.1) is 9.92 Å². The third-order valence-corrected chi connectivity index (χ3v) is 3.51. The molecule has 2 rings (SSSR count). The van der Waals surface area contributed by atoms with Gasteiger partial charge in [0.1, 0.15) is 11.6 Å². The zero-order chi connectivity index (χ0) is 11.5. The van der Waals surface area contributed by atoms with Crippen molar-refractivity contribution in [3.63, 3.8) is 0 Å². The maximum Gasteiger partial charge on any atom is 0.131 e. The van der Waals surface area contributed by atoms with Crippen LogP contribution in [0, 0.1) is 5.82 Å². The monoisotopic (exact) mass is 254 g/mol. The van der Waals surface area contributed by atoms with Crippen molar-refractivity contribution in [3.05, 3.63) is 53.3 Å². The van der Waals surface area contributed by atoms with Gasteiger partial charge >= 0.3 is 0 Å². The van der Waals surface area contributed by atoms with Gasteiger partial charge in [-0.05, 0) is 30.3 Å². The van der Waals surface area contributed by atoms with E-state index in [-0.39, 0.29) is 11.6 Å². The van der Waals surface area contributed by atoms with Crippen molar-refractivity contribution >= 4 is 23.4 Å². The maximum absolute atomic E-state index is 13.0. The minimum Gasteiger partial charge on any atom is -0.507 e. The summed E-state index contributed by atoms with van der Waals surface area (Å²) in [6.45, 7) is 0. The van der Waals surface area contributed by atoms with E-state index in [4.69, 9.17) is 11.6 Å². The van der Waals surface area contributed by atoms with Crippen LogP contribution in [0.3, 0.4) is 0 Å². The van der Waals surface area contributed by atoms with Gasteiger partial charge in [-0.2, -0.15) is 0 Å². The summed E-state index contributed by atoms with van der Waals surface area (Å²) in [5.41, 5.74) is 0. The molecule has 0 aromatic heterocycles. The molecule has 0 aliphatic rings. The van der Waals surface area contributed by atoms with Crippen LogP contribution in [0.2, 0.25) is 5.02 Å². The number of hydrogen-bond donors (Lipinski definition) is 1. The van der Waals surface area contributed by atoms with Crippen LogP contribution in [0.15, 0.2) is 52.3 Å². The summed E-state index contributed by atoms with van der Waals surface area (Å²) in [5.74, 6) is -0.210. The van der Waals surface area contributed by atoms with E-state index in [2.05, 4.69) is 0 Å². The molecule has 0 aliphatic heterocycles. The molecule has 0 saturated carbocycles. The number of phenols is 1. The zero-order valence-electron chi connectivity index (χ0n) is 8.15. The van der Waals surface area contributed by atoms with Crippen molar-refractivity contribution in [3.8, 4) is 5.75 Å². The summed E-state index contributed by atoms with van der Waals surface area (Å²) >= 11 is 7.18. The maximum atomic E-state index is 13.0. The molecule has 4 heteroatoms. The van der Waals surface area contributed by atoms with Gasteiger partial charge in [-0.3, -0.25) is 0 Å². The van der Waals surface area contributed by atoms with Gasteiger partial charge in [-0.15, -0.1) is 0 Å². The predicted octanol–water partition coefficient (Wildman–Crippen LogP) is 4.34. The fourth-order valence-corrected chi connectivity index (χ4v) is 2.42. The van der Waals surface area contributed by atoms with Crippen LogP contribution in [0.5, 0.6) is 5.75 Å². The second-order valence-corrected chi connectivity index (χ2v) is 4.64. The number of hydrogen-bond acceptors (Lipinski definition) is 2. The van der Waals surface area contributed by atoms with Crippen molar-refractivity contribution in [2.24, 2.45) is 0 Å².